The molecule has 31 heavy (non-hydrogen) atoms. The van der Waals surface area contributed by atoms with Crippen molar-refractivity contribution in [2.24, 2.45) is 0 Å². The molecule has 1 aliphatic heterocycles. The molecule has 0 saturated carbocycles. The van der Waals surface area contributed by atoms with Gasteiger partial charge in [0.1, 0.15) is 13.2 Å². The van der Waals surface area contributed by atoms with Gasteiger partial charge < -0.3 is 14.2 Å². The second kappa shape index (κ2) is 8.99. The molecule has 3 aromatic rings. The SMILES string of the molecule is CCOC(=O)c1ccc(S(=O)(=O)N(Cc2cccs2)c2ccc3c(c2)OCCO3)cc1. The lowest BCUT2D eigenvalue weighted by atomic mass is 10.2. The van der Waals surface area contributed by atoms with Gasteiger partial charge in [-0.1, -0.05) is 6.07 Å². The van der Waals surface area contributed by atoms with E-state index in [0.29, 0.717) is 36.0 Å². The first-order chi connectivity index (χ1) is 15.0. The number of esters is 1. The summed E-state index contributed by atoms with van der Waals surface area (Å²) in [5, 5.41) is 1.90. The normalized spacial score (nSPS) is 12.9. The number of hydrogen-bond acceptors (Lipinski definition) is 7. The highest BCUT2D eigenvalue weighted by Crippen LogP contribution is 2.36. The number of nitrogens with zero attached hydrogens (tertiary/aromatic N) is 1. The minimum Gasteiger partial charge on any atom is -0.486 e. The van der Waals surface area contributed by atoms with Crippen LogP contribution in [0, 0.1) is 0 Å². The van der Waals surface area contributed by atoms with E-state index in [1.807, 2.05) is 17.5 Å². The summed E-state index contributed by atoms with van der Waals surface area (Å²) >= 11 is 1.47. The number of anilines is 1. The number of rotatable bonds is 7. The Hall–Kier alpha value is -3.04. The van der Waals surface area contributed by atoms with E-state index in [2.05, 4.69) is 0 Å². The molecule has 162 valence electrons. The van der Waals surface area contributed by atoms with E-state index in [1.54, 1.807) is 25.1 Å². The van der Waals surface area contributed by atoms with Gasteiger partial charge in [0.15, 0.2) is 11.5 Å². The standard InChI is InChI=1S/C22H21NO6S2/c1-2-27-22(24)16-5-8-19(9-6-16)31(25,26)23(15-18-4-3-13-30-18)17-7-10-20-21(14-17)29-12-11-28-20/h3-10,13-14H,2,11-12,15H2,1H3. The summed E-state index contributed by atoms with van der Waals surface area (Å²) in [7, 11) is -3.92. The van der Waals surface area contributed by atoms with Crippen molar-refractivity contribution in [3.63, 3.8) is 0 Å². The lowest BCUT2D eigenvalue weighted by Gasteiger charge is -2.26. The second-order valence-corrected chi connectivity index (χ2v) is 9.56. The quantitative estimate of drug-likeness (QED) is 0.495. The average molecular weight is 460 g/mol. The van der Waals surface area contributed by atoms with E-state index in [4.69, 9.17) is 14.2 Å². The van der Waals surface area contributed by atoms with E-state index in [0.717, 1.165) is 4.88 Å². The van der Waals surface area contributed by atoms with E-state index in [9.17, 15) is 13.2 Å². The maximum atomic E-state index is 13.6. The van der Waals surface area contributed by atoms with Crippen LogP contribution in [0.2, 0.25) is 0 Å². The first-order valence-electron chi connectivity index (χ1n) is 9.71. The summed E-state index contributed by atoms with van der Waals surface area (Å²) < 4.78 is 44.6. The largest absolute Gasteiger partial charge is 0.486 e. The van der Waals surface area contributed by atoms with Crippen LogP contribution in [-0.2, 0) is 21.3 Å². The fourth-order valence-corrected chi connectivity index (χ4v) is 5.36. The lowest BCUT2D eigenvalue weighted by Crippen LogP contribution is -2.30. The third-order valence-electron chi connectivity index (χ3n) is 4.65. The summed E-state index contributed by atoms with van der Waals surface area (Å²) in [6.45, 7) is 2.99. The van der Waals surface area contributed by atoms with Gasteiger partial charge in [0.05, 0.1) is 29.3 Å². The molecule has 0 fully saturated rings. The number of sulfonamides is 1. The zero-order valence-corrected chi connectivity index (χ0v) is 18.4. The zero-order chi connectivity index (χ0) is 21.8. The molecule has 2 heterocycles. The third-order valence-corrected chi connectivity index (χ3v) is 7.30. The van der Waals surface area contributed by atoms with Gasteiger partial charge in [0.2, 0.25) is 0 Å². The molecule has 4 rings (SSSR count). The van der Waals surface area contributed by atoms with Crippen LogP contribution in [0.5, 0.6) is 11.5 Å². The van der Waals surface area contributed by atoms with Crippen LogP contribution in [0.3, 0.4) is 0 Å². The molecule has 1 aliphatic rings. The molecule has 2 aromatic carbocycles. The Kier molecular flexibility index (Phi) is 6.15. The van der Waals surface area contributed by atoms with Crippen molar-refractivity contribution in [1.29, 1.82) is 0 Å². The first-order valence-corrected chi connectivity index (χ1v) is 12.0. The lowest BCUT2D eigenvalue weighted by molar-refractivity contribution is 0.0526. The van der Waals surface area contributed by atoms with Crippen LogP contribution < -0.4 is 13.8 Å². The Morgan fingerprint density at radius 3 is 2.48 bits per heavy atom. The minimum atomic E-state index is -3.92. The van der Waals surface area contributed by atoms with Crippen molar-refractivity contribution in [3.05, 3.63) is 70.4 Å². The third kappa shape index (κ3) is 4.52. The predicted molar refractivity (Wildman–Crippen MR) is 118 cm³/mol. The number of hydrogen-bond donors (Lipinski definition) is 0. The van der Waals surface area contributed by atoms with Gasteiger partial charge in [0.25, 0.3) is 10.0 Å². The van der Waals surface area contributed by atoms with Gasteiger partial charge in [-0.2, -0.15) is 0 Å². The maximum absolute atomic E-state index is 13.6. The van der Waals surface area contributed by atoms with Crippen molar-refractivity contribution in [2.75, 3.05) is 24.1 Å². The summed E-state index contributed by atoms with van der Waals surface area (Å²) in [4.78, 5) is 12.9. The highest BCUT2D eigenvalue weighted by molar-refractivity contribution is 7.92. The van der Waals surface area contributed by atoms with Crippen molar-refractivity contribution >= 4 is 33.0 Å². The number of thiophene rings is 1. The molecule has 7 nitrogen and oxygen atoms in total. The fraction of sp³-hybridized carbons (Fsp3) is 0.227. The molecule has 9 heteroatoms. The Labute approximate surface area is 184 Å². The average Bonchev–Trinajstić information content (AvgIpc) is 3.31. The summed E-state index contributed by atoms with van der Waals surface area (Å²) in [5.74, 6) is 0.601. The molecule has 0 spiro atoms. The van der Waals surface area contributed by atoms with E-state index >= 15 is 0 Å². The predicted octanol–water partition coefficient (Wildman–Crippen LogP) is 4.09. The second-order valence-electron chi connectivity index (χ2n) is 6.66. The van der Waals surface area contributed by atoms with Crippen molar-refractivity contribution in [2.45, 2.75) is 18.4 Å². The summed E-state index contributed by atoms with van der Waals surface area (Å²) in [6, 6.07) is 14.6. The van der Waals surface area contributed by atoms with Gasteiger partial charge >= 0.3 is 5.97 Å². The Morgan fingerprint density at radius 2 is 1.81 bits per heavy atom. The number of fused-ring (bicyclic) bond motifs is 1. The molecule has 0 unspecified atom stereocenters. The molecule has 1 aromatic heterocycles. The number of carbonyl (C=O) groups is 1. The molecule has 0 amide bonds. The van der Waals surface area contributed by atoms with Gasteiger partial charge in [-0.25, -0.2) is 13.2 Å². The zero-order valence-electron chi connectivity index (χ0n) is 16.8. The Balaban J connectivity index is 1.71. The van der Waals surface area contributed by atoms with Crippen LogP contribution in [0.4, 0.5) is 5.69 Å². The smallest absolute Gasteiger partial charge is 0.338 e. The topological polar surface area (TPSA) is 82.1 Å². The first kappa shape index (κ1) is 21.2. The van der Waals surface area contributed by atoms with Crippen LogP contribution >= 0.6 is 11.3 Å². The highest BCUT2D eigenvalue weighted by Gasteiger charge is 2.27. The minimum absolute atomic E-state index is 0.0759. The van der Waals surface area contributed by atoms with Crippen LogP contribution in [-0.4, -0.2) is 34.2 Å². The molecule has 0 radical (unpaired) electrons. The summed E-state index contributed by atoms with van der Waals surface area (Å²) in [5.41, 5.74) is 0.761. The van der Waals surface area contributed by atoms with Gasteiger partial charge in [0, 0.05) is 10.9 Å². The van der Waals surface area contributed by atoms with Crippen LogP contribution in [0.15, 0.2) is 64.9 Å². The van der Waals surface area contributed by atoms with Crippen molar-refractivity contribution in [3.8, 4) is 11.5 Å². The van der Waals surface area contributed by atoms with Crippen LogP contribution in [0.25, 0.3) is 0 Å². The van der Waals surface area contributed by atoms with Gasteiger partial charge in [-0.05, 0) is 54.8 Å². The number of ether oxygens (including phenoxy) is 3. The van der Waals surface area contributed by atoms with E-state index in [1.165, 1.54) is 39.9 Å². The number of carbonyl (C=O) groups excluding carboxylic acids is 1. The van der Waals surface area contributed by atoms with Crippen molar-refractivity contribution in [1.82, 2.24) is 0 Å². The molecule has 0 N–H and O–H groups in total. The Morgan fingerprint density at radius 1 is 1.06 bits per heavy atom. The van der Waals surface area contributed by atoms with E-state index in [-0.39, 0.29) is 18.0 Å². The fourth-order valence-electron chi connectivity index (χ4n) is 3.15. The monoisotopic (exact) mass is 459 g/mol. The maximum Gasteiger partial charge on any atom is 0.338 e. The Bertz CT molecular complexity index is 1160. The van der Waals surface area contributed by atoms with E-state index < -0.39 is 16.0 Å². The van der Waals surface area contributed by atoms with Crippen molar-refractivity contribution < 1.29 is 27.4 Å². The van der Waals surface area contributed by atoms with Gasteiger partial charge in [-0.3, -0.25) is 4.31 Å². The molecular formula is C22H21NO6S2. The highest BCUT2D eigenvalue weighted by atomic mass is 32.2. The van der Waals surface area contributed by atoms with Crippen LogP contribution in [0.1, 0.15) is 22.2 Å². The summed E-state index contributed by atoms with van der Waals surface area (Å²) in [6.07, 6.45) is 0. The molecule has 0 atom stereocenters. The molecule has 0 aliphatic carbocycles. The molecule has 0 bridgehead atoms. The molecule has 0 saturated heterocycles. The molecular weight excluding hydrogens is 438 g/mol. The van der Waals surface area contributed by atoms with Gasteiger partial charge in [-0.15, -0.1) is 11.3 Å². The number of benzene rings is 2.